The molecule has 3 heterocycles. The van der Waals surface area contributed by atoms with E-state index in [1.165, 1.54) is 7.11 Å². The van der Waals surface area contributed by atoms with Gasteiger partial charge in [-0.15, -0.1) is 11.3 Å². The summed E-state index contributed by atoms with van der Waals surface area (Å²) in [4.78, 5) is 19.3. The highest BCUT2D eigenvalue weighted by atomic mass is 32.1. The predicted octanol–water partition coefficient (Wildman–Crippen LogP) is 1.30. The van der Waals surface area contributed by atoms with E-state index in [4.69, 9.17) is 9.47 Å². The zero-order valence-corrected chi connectivity index (χ0v) is 13.3. The Hall–Kier alpha value is -1.77. The van der Waals surface area contributed by atoms with Crippen molar-refractivity contribution in [2.24, 2.45) is 0 Å². The minimum Gasteiger partial charge on any atom is -0.467 e. The van der Waals surface area contributed by atoms with E-state index in [0.29, 0.717) is 18.9 Å². The van der Waals surface area contributed by atoms with Crippen LogP contribution in [0.25, 0.3) is 10.7 Å². The molecule has 1 N–H and O–H groups in total. The Kier molecular flexibility index (Phi) is 4.51. The van der Waals surface area contributed by atoms with Gasteiger partial charge in [-0.25, -0.2) is 9.78 Å². The van der Waals surface area contributed by atoms with Crippen LogP contribution in [0, 0.1) is 0 Å². The third kappa shape index (κ3) is 3.34. The number of nitrogens with one attached hydrogen (secondary N) is 1. The third-order valence-electron chi connectivity index (χ3n) is 3.45. The van der Waals surface area contributed by atoms with Crippen molar-refractivity contribution < 1.29 is 14.3 Å². The van der Waals surface area contributed by atoms with Crippen LogP contribution in [-0.2, 0) is 20.8 Å². The number of rotatable bonds is 4. The molecule has 2 aromatic rings. The summed E-state index contributed by atoms with van der Waals surface area (Å²) in [5.41, 5.74) is 0. The van der Waals surface area contributed by atoms with Crippen LogP contribution < -0.4 is 0 Å². The summed E-state index contributed by atoms with van der Waals surface area (Å²) in [5, 5.41) is 9.20. The van der Waals surface area contributed by atoms with Crippen molar-refractivity contribution in [3.63, 3.8) is 0 Å². The van der Waals surface area contributed by atoms with Gasteiger partial charge in [0, 0.05) is 13.1 Å². The van der Waals surface area contributed by atoms with Crippen LogP contribution >= 0.6 is 11.3 Å². The third-order valence-corrected chi connectivity index (χ3v) is 4.31. The van der Waals surface area contributed by atoms with E-state index in [9.17, 15) is 4.79 Å². The molecule has 0 bridgehead atoms. The first-order chi connectivity index (χ1) is 10.7. The Morgan fingerprint density at radius 1 is 1.59 bits per heavy atom. The van der Waals surface area contributed by atoms with E-state index >= 15 is 0 Å². The van der Waals surface area contributed by atoms with Crippen LogP contribution in [0.2, 0.25) is 0 Å². The monoisotopic (exact) mass is 322 g/mol. The molecule has 0 aliphatic carbocycles. The van der Waals surface area contributed by atoms with Gasteiger partial charge in [0.15, 0.2) is 11.9 Å². The Balaban J connectivity index is 1.66. The molecule has 0 radical (unpaired) electrons. The standard InChI is InChI=1S/C14H18N4O3S/c1-9-6-18(7-10(21-9)14(19)20-2)8-12-15-13(17-16-12)11-4-3-5-22-11/h3-5,9-10H,6-8H2,1-2H3,(H,15,16,17)/t9-,10?/m1/s1. The predicted molar refractivity (Wildman–Crippen MR) is 81.3 cm³/mol. The molecule has 2 aromatic heterocycles. The van der Waals surface area contributed by atoms with Gasteiger partial charge in [0.25, 0.3) is 0 Å². The van der Waals surface area contributed by atoms with Gasteiger partial charge in [-0.2, -0.15) is 5.10 Å². The van der Waals surface area contributed by atoms with Gasteiger partial charge in [-0.1, -0.05) is 6.07 Å². The molecule has 1 aliphatic heterocycles. The van der Waals surface area contributed by atoms with Gasteiger partial charge < -0.3 is 9.47 Å². The number of aromatic amines is 1. The Morgan fingerprint density at radius 3 is 3.18 bits per heavy atom. The van der Waals surface area contributed by atoms with Crippen LogP contribution in [0.5, 0.6) is 0 Å². The fourth-order valence-electron chi connectivity index (χ4n) is 2.52. The second kappa shape index (κ2) is 6.55. The zero-order chi connectivity index (χ0) is 15.5. The van der Waals surface area contributed by atoms with E-state index < -0.39 is 6.10 Å². The molecule has 2 atom stereocenters. The average molecular weight is 322 g/mol. The number of thiophene rings is 1. The fourth-order valence-corrected chi connectivity index (χ4v) is 3.18. The van der Waals surface area contributed by atoms with Crippen molar-refractivity contribution in [1.29, 1.82) is 0 Å². The average Bonchev–Trinajstić information content (AvgIpc) is 3.16. The minimum atomic E-state index is -0.548. The molecule has 0 amide bonds. The second-order valence-electron chi connectivity index (χ2n) is 5.24. The topological polar surface area (TPSA) is 80.3 Å². The summed E-state index contributed by atoms with van der Waals surface area (Å²) in [6.45, 7) is 3.77. The molecule has 22 heavy (non-hydrogen) atoms. The Bertz CT molecular complexity index is 628. The number of hydrogen-bond donors (Lipinski definition) is 1. The number of nitrogens with zero attached hydrogens (tertiary/aromatic N) is 3. The maximum atomic E-state index is 11.7. The molecule has 8 heteroatoms. The molecule has 1 fully saturated rings. The summed E-state index contributed by atoms with van der Waals surface area (Å²) in [7, 11) is 1.37. The number of ether oxygens (including phenoxy) is 2. The molecule has 1 unspecified atom stereocenters. The fraction of sp³-hybridized carbons (Fsp3) is 0.500. The number of morpholine rings is 1. The highest BCUT2D eigenvalue weighted by Gasteiger charge is 2.31. The van der Waals surface area contributed by atoms with Crippen LogP contribution in [0.4, 0.5) is 0 Å². The largest absolute Gasteiger partial charge is 0.467 e. The second-order valence-corrected chi connectivity index (χ2v) is 6.18. The molecule has 0 aromatic carbocycles. The number of esters is 1. The van der Waals surface area contributed by atoms with E-state index in [-0.39, 0.29) is 12.1 Å². The van der Waals surface area contributed by atoms with Crippen LogP contribution in [0.15, 0.2) is 17.5 Å². The lowest BCUT2D eigenvalue weighted by molar-refractivity contribution is -0.166. The van der Waals surface area contributed by atoms with Crippen molar-refractivity contribution in [1.82, 2.24) is 20.1 Å². The number of H-pyrrole nitrogens is 1. The van der Waals surface area contributed by atoms with E-state index in [0.717, 1.165) is 17.2 Å². The summed E-state index contributed by atoms with van der Waals surface area (Å²) in [6.07, 6.45) is -0.578. The Labute approximate surface area is 132 Å². The van der Waals surface area contributed by atoms with Gasteiger partial charge in [-0.05, 0) is 18.4 Å². The summed E-state index contributed by atoms with van der Waals surface area (Å²) < 4.78 is 10.4. The van der Waals surface area contributed by atoms with Crippen molar-refractivity contribution in [2.45, 2.75) is 25.7 Å². The molecule has 7 nitrogen and oxygen atoms in total. The number of carbonyl (C=O) groups is 1. The first-order valence-electron chi connectivity index (χ1n) is 7.06. The molecule has 1 aliphatic rings. The lowest BCUT2D eigenvalue weighted by Gasteiger charge is -2.34. The van der Waals surface area contributed by atoms with Gasteiger partial charge >= 0.3 is 5.97 Å². The SMILES string of the molecule is COC(=O)C1CN(Cc2nc(-c3cccs3)n[nH]2)C[C@@H](C)O1. The quantitative estimate of drug-likeness (QED) is 0.855. The summed E-state index contributed by atoms with van der Waals surface area (Å²) in [6, 6.07) is 3.96. The lowest BCUT2D eigenvalue weighted by atomic mass is 10.2. The summed E-state index contributed by atoms with van der Waals surface area (Å²) in [5.74, 6) is 1.14. The Morgan fingerprint density at radius 2 is 2.45 bits per heavy atom. The van der Waals surface area contributed by atoms with Crippen molar-refractivity contribution in [3.8, 4) is 10.7 Å². The molecule has 0 spiro atoms. The highest BCUT2D eigenvalue weighted by molar-refractivity contribution is 7.13. The number of methoxy groups -OCH3 is 1. The number of aromatic nitrogens is 3. The molecule has 118 valence electrons. The molecular formula is C14H18N4O3S. The molecular weight excluding hydrogens is 304 g/mol. The molecule has 3 rings (SSSR count). The minimum absolute atomic E-state index is 0.0301. The van der Waals surface area contributed by atoms with Gasteiger partial charge in [0.1, 0.15) is 5.82 Å². The maximum Gasteiger partial charge on any atom is 0.336 e. The van der Waals surface area contributed by atoms with Crippen LogP contribution in [0.1, 0.15) is 12.7 Å². The van der Waals surface area contributed by atoms with E-state index in [2.05, 4.69) is 20.1 Å². The lowest BCUT2D eigenvalue weighted by Crippen LogP contribution is -2.49. The van der Waals surface area contributed by atoms with Crippen molar-refractivity contribution >= 4 is 17.3 Å². The zero-order valence-electron chi connectivity index (χ0n) is 12.5. The molecule has 1 saturated heterocycles. The van der Waals surface area contributed by atoms with Gasteiger partial charge in [0.05, 0.1) is 24.6 Å². The van der Waals surface area contributed by atoms with Gasteiger partial charge in [0.2, 0.25) is 0 Å². The number of hydrogen-bond acceptors (Lipinski definition) is 7. The van der Waals surface area contributed by atoms with Crippen molar-refractivity contribution in [2.75, 3.05) is 20.2 Å². The first-order valence-corrected chi connectivity index (χ1v) is 7.94. The first kappa shape index (κ1) is 15.1. The van der Waals surface area contributed by atoms with Crippen LogP contribution in [-0.4, -0.2) is 58.5 Å². The maximum absolute atomic E-state index is 11.7. The van der Waals surface area contributed by atoms with Crippen LogP contribution in [0.3, 0.4) is 0 Å². The van der Waals surface area contributed by atoms with Gasteiger partial charge in [-0.3, -0.25) is 10.00 Å². The molecule has 0 saturated carbocycles. The smallest absolute Gasteiger partial charge is 0.336 e. The van der Waals surface area contributed by atoms with E-state index in [1.54, 1.807) is 11.3 Å². The van der Waals surface area contributed by atoms with Crippen molar-refractivity contribution in [3.05, 3.63) is 23.3 Å². The highest BCUT2D eigenvalue weighted by Crippen LogP contribution is 2.21. The number of carbonyl (C=O) groups excluding carboxylic acids is 1. The summed E-state index contributed by atoms with van der Waals surface area (Å²) >= 11 is 1.60. The van der Waals surface area contributed by atoms with E-state index in [1.807, 2.05) is 24.4 Å². The normalized spacial score (nSPS) is 22.6.